The molecule has 9 rings (SSSR count). The number of rotatable bonds is 5. The first-order valence-corrected chi connectivity index (χ1v) is 14.0. The molecule has 0 aliphatic heterocycles. The molecule has 2 amide bonds. The second-order valence-electron chi connectivity index (χ2n) is 13.4. The summed E-state index contributed by atoms with van der Waals surface area (Å²) in [6.07, 6.45) is 15.1. The first kappa shape index (κ1) is 21.4. The van der Waals surface area contributed by atoms with Gasteiger partial charge < -0.3 is 10.6 Å². The van der Waals surface area contributed by atoms with Crippen LogP contribution in [0.5, 0.6) is 0 Å². The van der Waals surface area contributed by atoms with Crippen LogP contribution in [0.4, 0.5) is 11.6 Å². The maximum Gasteiger partial charge on any atom is 0.231 e. The Morgan fingerprint density at radius 2 is 1.03 bits per heavy atom. The van der Waals surface area contributed by atoms with Gasteiger partial charge in [-0.15, -0.1) is 0 Å². The molecule has 0 saturated heterocycles. The molecule has 0 unspecified atom stereocenters. The maximum atomic E-state index is 13.6. The van der Waals surface area contributed by atoms with Crippen molar-refractivity contribution in [2.24, 2.45) is 46.3 Å². The molecule has 182 valence electrons. The van der Waals surface area contributed by atoms with Crippen LogP contribution in [-0.2, 0) is 16.0 Å². The summed E-state index contributed by atoms with van der Waals surface area (Å²) in [4.78, 5) is 31.9. The third kappa shape index (κ3) is 3.44. The number of nitrogens with zero attached hydrogens (tertiary/aromatic N) is 1. The number of pyridine rings is 1. The predicted molar refractivity (Wildman–Crippen MR) is 132 cm³/mol. The molecule has 1 aromatic rings. The minimum Gasteiger partial charge on any atom is -0.310 e. The number of nitrogens with one attached hydrogen (secondary N) is 2. The first-order chi connectivity index (χ1) is 16.4. The van der Waals surface area contributed by atoms with E-state index >= 15 is 0 Å². The van der Waals surface area contributed by atoms with Crippen molar-refractivity contribution < 1.29 is 9.59 Å². The SMILES string of the molecule is CCc1cc(NC(=O)C23CC4CC(CC(C4)C2)C3)nc(NC(=O)C23CC4CC(CC(C4)C2)C3)c1. The van der Waals surface area contributed by atoms with E-state index in [0.717, 1.165) is 86.0 Å². The summed E-state index contributed by atoms with van der Waals surface area (Å²) in [6.45, 7) is 2.12. The Balaban J connectivity index is 1.10. The van der Waals surface area contributed by atoms with E-state index in [2.05, 4.69) is 17.6 Å². The second kappa shape index (κ2) is 7.54. The molecule has 34 heavy (non-hydrogen) atoms. The number of carbonyl (C=O) groups excluding carboxylic acids is 2. The fourth-order valence-electron chi connectivity index (χ4n) is 10.2. The molecule has 8 fully saturated rings. The van der Waals surface area contributed by atoms with Gasteiger partial charge in [-0.05, 0) is 137 Å². The lowest BCUT2D eigenvalue weighted by Crippen LogP contribution is -2.52. The van der Waals surface area contributed by atoms with Crippen molar-refractivity contribution in [3.8, 4) is 0 Å². The fraction of sp³-hybridized carbons (Fsp3) is 0.759. The summed E-state index contributed by atoms with van der Waals surface area (Å²) in [7, 11) is 0. The van der Waals surface area contributed by atoms with Gasteiger partial charge in [0, 0.05) is 0 Å². The topological polar surface area (TPSA) is 71.1 Å². The molecule has 8 aliphatic rings. The van der Waals surface area contributed by atoms with Crippen LogP contribution >= 0.6 is 0 Å². The lowest BCUT2D eigenvalue weighted by atomic mass is 9.49. The van der Waals surface area contributed by atoms with Gasteiger partial charge in [-0.1, -0.05) is 6.92 Å². The average molecular weight is 462 g/mol. The summed E-state index contributed by atoms with van der Waals surface area (Å²) in [5.74, 6) is 6.00. The number of carbonyl (C=O) groups is 2. The molecule has 5 heteroatoms. The molecule has 2 N–H and O–H groups in total. The van der Waals surface area contributed by atoms with Crippen molar-refractivity contribution >= 4 is 23.5 Å². The van der Waals surface area contributed by atoms with E-state index in [9.17, 15) is 9.59 Å². The van der Waals surface area contributed by atoms with E-state index in [1.807, 2.05) is 12.1 Å². The minimum absolute atomic E-state index is 0.172. The number of aromatic nitrogens is 1. The van der Waals surface area contributed by atoms with Gasteiger partial charge in [0.2, 0.25) is 11.8 Å². The Morgan fingerprint density at radius 3 is 1.32 bits per heavy atom. The quantitative estimate of drug-likeness (QED) is 0.569. The zero-order chi connectivity index (χ0) is 23.1. The van der Waals surface area contributed by atoms with Gasteiger partial charge >= 0.3 is 0 Å². The molecule has 5 nitrogen and oxygen atoms in total. The van der Waals surface area contributed by atoms with Crippen molar-refractivity contribution in [3.63, 3.8) is 0 Å². The Kier molecular flexibility index (Phi) is 4.74. The van der Waals surface area contributed by atoms with Crippen LogP contribution in [0, 0.1) is 46.3 Å². The second-order valence-corrected chi connectivity index (χ2v) is 13.4. The number of amides is 2. The average Bonchev–Trinajstić information content (AvgIpc) is 2.77. The highest BCUT2D eigenvalue weighted by atomic mass is 16.2. The van der Waals surface area contributed by atoms with E-state index in [0.29, 0.717) is 11.6 Å². The Labute approximate surface area is 203 Å². The molecule has 8 saturated carbocycles. The minimum atomic E-state index is -0.193. The van der Waals surface area contributed by atoms with Crippen LogP contribution in [0.2, 0.25) is 0 Å². The summed E-state index contributed by atoms with van der Waals surface area (Å²) in [5, 5.41) is 6.44. The number of aryl methyl sites for hydroxylation is 1. The molecular weight excluding hydrogens is 422 g/mol. The molecule has 0 spiro atoms. The van der Waals surface area contributed by atoms with Crippen LogP contribution in [0.3, 0.4) is 0 Å². The standard InChI is InChI=1S/C29H39N3O2/c1-2-17-9-24(31-26(33)28-11-18-3-19(12-28)5-20(4-18)13-28)30-25(10-17)32-27(34)29-14-21-6-22(15-29)8-23(7-21)16-29/h9-10,18-23H,2-8,11-16H2,1H3,(H2,30,31,32,33,34). The highest BCUT2D eigenvalue weighted by molar-refractivity contribution is 5.97. The van der Waals surface area contributed by atoms with Crippen LogP contribution in [0.25, 0.3) is 0 Å². The summed E-state index contributed by atoms with van der Waals surface area (Å²) >= 11 is 0. The number of anilines is 2. The molecule has 8 bridgehead atoms. The molecule has 1 aromatic heterocycles. The van der Waals surface area contributed by atoms with E-state index in [4.69, 9.17) is 4.98 Å². The van der Waals surface area contributed by atoms with E-state index in [1.165, 1.54) is 38.5 Å². The van der Waals surface area contributed by atoms with Gasteiger partial charge in [-0.2, -0.15) is 0 Å². The Bertz CT molecular complexity index is 883. The summed E-state index contributed by atoms with van der Waals surface area (Å²) in [5.41, 5.74) is 0.722. The van der Waals surface area contributed by atoms with Crippen molar-refractivity contribution in [1.82, 2.24) is 4.98 Å². The van der Waals surface area contributed by atoms with Crippen LogP contribution in [0.1, 0.15) is 89.5 Å². The maximum absolute atomic E-state index is 13.6. The van der Waals surface area contributed by atoms with Gasteiger partial charge in [0.1, 0.15) is 11.6 Å². The normalized spacial score (nSPS) is 43.2. The number of hydrogen-bond donors (Lipinski definition) is 2. The third-order valence-corrected chi connectivity index (χ3v) is 10.8. The van der Waals surface area contributed by atoms with Crippen molar-refractivity contribution in [3.05, 3.63) is 17.7 Å². The molecule has 1 heterocycles. The van der Waals surface area contributed by atoms with Crippen molar-refractivity contribution in [2.45, 2.75) is 90.4 Å². The smallest absolute Gasteiger partial charge is 0.231 e. The fourth-order valence-corrected chi connectivity index (χ4v) is 10.2. The monoisotopic (exact) mass is 461 g/mol. The lowest BCUT2D eigenvalue weighted by molar-refractivity contribution is -0.140. The molecule has 8 aliphatic carbocycles. The van der Waals surface area contributed by atoms with Gasteiger partial charge in [0.15, 0.2) is 0 Å². The lowest BCUT2D eigenvalue weighted by Gasteiger charge is -2.55. The van der Waals surface area contributed by atoms with Crippen LogP contribution < -0.4 is 10.6 Å². The van der Waals surface area contributed by atoms with Crippen molar-refractivity contribution in [2.75, 3.05) is 10.6 Å². The summed E-state index contributed by atoms with van der Waals surface area (Å²) in [6, 6.07) is 4.00. The van der Waals surface area contributed by atoms with Gasteiger partial charge in [0.25, 0.3) is 0 Å². The molecule has 0 atom stereocenters. The van der Waals surface area contributed by atoms with Crippen LogP contribution in [0.15, 0.2) is 12.1 Å². The third-order valence-electron chi connectivity index (χ3n) is 10.8. The molecule has 0 aromatic carbocycles. The first-order valence-electron chi connectivity index (χ1n) is 14.0. The van der Waals surface area contributed by atoms with Crippen molar-refractivity contribution in [1.29, 1.82) is 0 Å². The highest BCUT2D eigenvalue weighted by Gasteiger charge is 2.56. The molecular formula is C29H39N3O2. The van der Waals surface area contributed by atoms with Gasteiger partial charge in [-0.25, -0.2) is 4.98 Å². The Hall–Kier alpha value is -1.91. The van der Waals surface area contributed by atoms with Crippen LogP contribution in [-0.4, -0.2) is 16.8 Å². The highest BCUT2D eigenvalue weighted by Crippen LogP contribution is 2.61. The summed E-state index contributed by atoms with van der Waals surface area (Å²) < 4.78 is 0. The van der Waals surface area contributed by atoms with Gasteiger partial charge in [0.05, 0.1) is 10.8 Å². The molecule has 0 radical (unpaired) electrons. The van der Waals surface area contributed by atoms with E-state index < -0.39 is 0 Å². The predicted octanol–water partition coefficient (Wildman–Crippen LogP) is 5.95. The Morgan fingerprint density at radius 1 is 0.706 bits per heavy atom. The zero-order valence-electron chi connectivity index (χ0n) is 20.6. The van der Waals surface area contributed by atoms with E-state index in [1.54, 1.807) is 0 Å². The number of hydrogen-bond acceptors (Lipinski definition) is 3. The van der Waals surface area contributed by atoms with Gasteiger partial charge in [-0.3, -0.25) is 9.59 Å². The van der Waals surface area contributed by atoms with E-state index in [-0.39, 0.29) is 22.6 Å². The zero-order valence-corrected chi connectivity index (χ0v) is 20.6. The largest absolute Gasteiger partial charge is 0.310 e.